The van der Waals surface area contributed by atoms with Crippen LogP contribution in [0.1, 0.15) is 25.5 Å². The fourth-order valence-corrected chi connectivity index (χ4v) is 5.13. The summed E-state index contributed by atoms with van der Waals surface area (Å²) in [5, 5.41) is 25.9. The van der Waals surface area contributed by atoms with Crippen molar-refractivity contribution in [3.05, 3.63) is 57.7 Å². The molecule has 0 bridgehead atoms. The second kappa shape index (κ2) is 9.23. The molecule has 0 radical (unpaired) electrons. The number of amidine groups is 1. The number of nitrogens with two attached hydrogens (primary N) is 1. The lowest BCUT2D eigenvalue weighted by molar-refractivity contribution is 0.276. The number of aliphatic hydroxyl groups is 1. The van der Waals surface area contributed by atoms with E-state index < -0.39 is 0 Å². The summed E-state index contributed by atoms with van der Waals surface area (Å²) >= 11 is 6.65. The smallest absolute Gasteiger partial charge is 0.250 e. The van der Waals surface area contributed by atoms with E-state index in [4.69, 9.17) is 27.3 Å². The van der Waals surface area contributed by atoms with Crippen molar-refractivity contribution in [2.75, 3.05) is 18.0 Å². The molecule has 0 aliphatic carbocycles. The average molecular weight is 533 g/mol. The molecule has 6 N–H and O–H groups in total. The Hall–Kier alpha value is -4.29. The number of aliphatic imine (C=N–C) groups is 1. The van der Waals surface area contributed by atoms with Crippen molar-refractivity contribution in [1.29, 1.82) is 0 Å². The molecule has 0 spiro atoms. The zero-order valence-electron chi connectivity index (χ0n) is 20.5. The van der Waals surface area contributed by atoms with Gasteiger partial charge >= 0.3 is 0 Å². The van der Waals surface area contributed by atoms with Crippen LogP contribution in [0.5, 0.6) is 0 Å². The minimum Gasteiger partial charge on any atom is -0.390 e. The molecule has 0 atom stereocenters. The number of nitrogens with zero attached hydrogens (tertiary/aromatic N) is 6. The number of aromatic nitrogens is 7. The first-order valence-corrected chi connectivity index (χ1v) is 12.5. The number of anilines is 1. The summed E-state index contributed by atoms with van der Waals surface area (Å²) < 4.78 is 0. The standard InChI is InChI=1S/C25H25ClN10O2/c1-25(24(27)30-14-4-7-28-17(38)10-14)5-8-36(9-6-25)23-16(12-37)31-21-20(34-35-22(21)32-23)15-3-2-13-11-29-33-19(13)18(15)26/h2-4,7,10-11,37H,5-6,8-9,12H2,1H3,(H,29,33)(H,32,34,35)(H3,27,28,30,38). The molecule has 13 heteroatoms. The lowest BCUT2D eigenvalue weighted by Gasteiger charge is -2.39. The molecule has 0 amide bonds. The van der Waals surface area contributed by atoms with Gasteiger partial charge in [-0.15, -0.1) is 0 Å². The predicted molar refractivity (Wildman–Crippen MR) is 146 cm³/mol. The number of hydrogen-bond acceptors (Lipinski definition) is 8. The highest BCUT2D eigenvalue weighted by atomic mass is 35.5. The summed E-state index contributed by atoms with van der Waals surface area (Å²) in [5.41, 5.74) is 9.79. The minimum atomic E-state index is -0.350. The van der Waals surface area contributed by atoms with E-state index in [9.17, 15) is 9.90 Å². The van der Waals surface area contributed by atoms with Gasteiger partial charge in [-0.25, -0.2) is 15.0 Å². The lowest BCUT2D eigenvalue weighted by Crippen LogP contribution is -2.46. The van der Waals surface area contributed by atoms with Gasteiger partial charge in [0.1, 0.15) is 17.0 Å². The summed E-state index contributed by atoms with van der Waals surface area (Å²) in [6.07, 6.45) is 4.68. The number of piperidine rings is 1. The minimum absolute atomic E-state index is 0.227. The summed E-state index contributed by atoms with van der Waals surface area (Å²) in [5.74, 6) is 1.06. The SMILES string of the molecule is CC1(C(N)=Nc2cc[nH]c(=O)c2)CCN(c2nc3n[nH]c(-c4ccc5cn[nH]c5c4Cl)c3nc2CO)CC1. The first-order chi connectivity index (χ1) is 18.4. The number of fused-ring (bicyclic) bond motifs is 2. The molecule has 0 unspecified atom stereocenters. The molecule has 1 aliphatic rings. The monoisotopic (exact) mass is 532 g/mol. The molecule has 0 saturated carbocycles. The largest absolute Gasteiger partial charge is 0.390 e. The van der Waals surface area contributed by atoms with Crippen molar-refractivity contribution in [2.24, 2.45) is 16.1 Å². The Labute approximate surface area is 221 Å². The van der Waals surface area contributed by atoms with Gasteiger partial charge in [0, 0.05) is 41.7 Å². The van der Waals surface area contributed by atoms with Crippen LogP contribution in [-0.2, 0) is 6.61 Å². The number of hydrogen-bond donors (Lipinski definition) is 5. The highest BCUT2D eigenvalue weighted by Crippen LogP contribution is 2.37. The van der Waals surface area contributed by atoms with Crippen molar-refractivity contribution < 1.29 is 5.11 Å². The first kappa shape index (κ1) is 24.1. The number of halogens is 1. The Bertz CT molecular complexity index is 1750. The molecule has 38 heavy (non-hydrogen) atoms. The Morgan fingerprint density at radius 1 is 1.24 bits per heavy atom. The number of rotatable bonds is 5. The van der Waals surface area contributed by atoms with Crippen LogP contribution in [0.4, 0.5) is 11.5 Å². The van der Waals surface area contributed by atoms with Gasteiger partial charge in [0.15, 0.2) is 5.82 Å². The molecule has 12 nitrogen and oxygen atoms in total. The molecular weight excluding hydrogens is 508 g/mol. The van der Waals surface area contributed by atoms with E-state index in [0.29, 0.717) is 76.4 Å². The van der Waals surface area contributed by atoms with Crippen LogP contribution in [0, 0.1) is 5.41 Å². The van der Waals surface area contributed by atoms with Gasteiger partial charge in [-0.2, -0.15) is 10.2 Å². The molecule has 5 aromatic rings. The Kier molecular flexibility index (Phi) is 5.84. The Balaban J connectivity index is 1.28. The van der Waals surface area contributed by atoms with E-state index in [-0.39, 0.29) is 17.6 Å². The van der Waals surface area contributed by atoms with E-state index in [1.807, 2.05) is 12.1 Å². The van der Waals surface area contributed by atoms with Gasteiger partial charge in [0.25, 0.3) is 0 Å². The van der Waals surface area contributed by atoms with Crippen molar-refractivity contribution in [3.63, 3.8) is 0 Å². The van der Waals surface area contributed by atoms with Crippen LogP contribution < -0.4 is 16.2 Å². The van der Waals surface area contributed by atoms with Crippen LogP contribution in [0.2, 0.25) is 5.02 Å². The predicted octanol–water partition coefficient (Wildman–Crippen LogP) is 3.03. The van der Waals surface area contributed by atoms with E-state index in [2.05, 4.69) is 42.2 Å². The van der Waals surface area contributed by atoms with Gasteiger partial charge in [0.05, 0.1) is 34.7 Å². The third-order valence-corrected chi connectivity index (χ3v) is 7.60. The maximum atomic E-state index is 11.6. The number of H-pyrrole nitrogens is 3. The maximum absolute atomic E-state index is 11.6. The van der Waals surface area contributed by atoms with E-state index in [1.54, 1.807) is 18.5 Å². The van der Waals surface area contributed by atoms with Gasteiger partial charge in [-0.05, 0) is 18.9 Å². The van der Waals surface area contributed by atoms with E-state index in [0.717, 1.165) is 10.9 Å². The average Bonchev–Trinajstić information content (AvgIpc) is 3.56. The third kappa shape index (κ3) is 4.07. The number of pyridine rings is 1. The number of aromatic amines is 3. The third-order valence-electron chi connectivity index (χ3n) is 7.21. The molecular formula is C25H25ClN10O2. The number of nitrogens with one attached hydrogen (secondary N) is 3. The Morgan fingerprint density at radius 3 is 2.82 bits per heavy atom. The Morgan fingerprint density at radius 2 is 2.05 bits per heavy atom. The molecule has 1 aliphatic heterocycles. The molecule has 194 valence electrons. The highest BCUT2D eigenvalue weighted by molar-refractivity contribution is 6.38. The first-order valence-electron chi connectivity index (χ1n) is 12.1. The second-order valence-electron chi connectivity index (χ2n) is 9.64. The fourth-order valence-electron chi connectivity index (χ4n) is 4.82. The van der Waals surface area contributed by atoms with Gasteiger partial charge in [0.2, 0.25) is 11.2 Å². The lowest BCUT2D eigenvalue weighted by atomic mass is 9.79. The normalized spacial score (nSPS) is 16.0. The van der Waals surface area contributed by atoms with Crippen LogP contribution >= 0.6 is 11.6 Å². The summed E-state index contributed by atoms with van der Waals surface area (Å²) in [6, 6.07) is 6.92. The number of benzene rings is 1. The van der Waals surface area contributed by atoms with Gasteiger partial charge in [-0.1, -0.05) is 30.7 Å². The summed E-state index contributed by atoms with van der Waals surface area (Å²) in [4.78, 5) is 30.3. The molecule has 1 aromatic carbocycles. The van der Waals surface area contributed by atoms with Gasteiger partial charge < -0.3 is 20.7 Å². The van der Waals surface area contributed by atoms with Crippen LogP contribution in [0.25, 0.3) is 33.3 Å². The van der Waals surface area contributed by atoms with E-state index >= 15 is 0 Å². The zero-order chi connectivity index (χ0) is 26.4. The summed E-state index contributed by atoms with van der Waals surface area (Å²) in [7, 11) is 0. The molecule has 6 rings (SSSR count). The highest BCUT2D eigenvalue weighted by Gasteiger charge is 2.35. The van der Waals surface area contributed by atoms with Crippen LogP contribution in [0.3, 0.4) is 0 Å². The van der Waals surface area contributed by atoms with Crippen molar-refractivity contribution in [3.8, 4) is 11.3 Å². The second-order valence-corrected chi connectivity index (χ2v) is 10.0. The van der Waals surface area contributed by atoms with Crippen LogP contribution in [0.15, 0.2) is 46.4 Å². The molecule has 4 aromatic heterocycles. The van der Waals surface area contributed by atoms with Crippen molar-refractivity contribution in [1.82, 2.24) is 35.3 Å². The zero-order valence-corrected chi connectivity index (χ0v) is 21.2. The molecule has 1 saturated heterocycles. The van der Waals surface area contributed by atoms with Crippen LogP contribution in [-0.4, -0.2) is 59.4 Å². The van der Waals surface area contributed by atoms with Gasteiger partial charge in [-0.3, -0.25) is 15.0 Å². The van der Waals surface area contributed by atoms with Crippen molar-refractivity contribution in [2.45, 2.75) is 26.4 Å². The fraction of sp³-hybridized carbons (Fsp3) is 0.280. The maximum Gasteiger partial charge on any atom is 0.250 e. The van der Waals surface area contributed by atoms with E-state index in [1.165, 1.54) is 6.07 Å². The molecule has 5 heterocycles. The molecule has 1 fully saturated rings. The van der Waals surface area contributed by atoms with Crippen molar-refractivity contribution >= 4 is 51.0 Å². The number of aliphatic hydroxyl groups excluding tert-OH is 1. The topological polar surface area (TPSA) is 178 Å². The summed E-state index contributed by atoms with van der Waals surface area (Å²) in [6.45, 7) is 3.05. The quantitative estimate of drug-likeness (QED) is 0.169.